The number of hydrogen-bond donors (Lipinski definition) is 0. The summed E-state index contributed by atoms with van der Waals surface area (Å²) in [4.78, 5) is 5.13. The Kier molecular flexibility index (Phi) is 5.79. The van der Waals surface area contributed by atoms with Gasteiger partial charge in [-0.15, -0.1) is 0 Å². The highest BCUT2D eigenvalue weighted by molar-refractivity contribution is 9.10. The molecule has 0 aromatic heterocycles. The second kappa shape index (κ2) is 6.69. The highest BCUT2D eigenvalue weighted by Crippen LogP contribution is 2.29. The molecular weight excluding hydrogens is 334 g/mol. The molecule has 0 fully saturated rings. The third kappa shape index (κ3) is 3.92. The first kappa shape index (κ1) is 16.4. The molecule has 0 saturated heterocycles. The monoisotopic (exact) mass is 351 g/mol. The topological polar surface area (TPSA) is 55.8 Å². The zero-order valence-electron chi connectivity index (χ0n) is 11.4. The summed E-state index contributed by atoms with van der Waals surface area (Å²) in [5.74, 6) is 0.739. The number of halogens is 1. The standard InChI is InChI=1S/C12H18BrNO4S/c1-9(2)8-14(18-4)19(15,16)10-5-6-12(17-3)11(13)7-10/h5-7,9H,8H2,1-4H3. The van der Waals surface area contributed by atoms with Crippen LogP contribution < -0.4 is 4.74 Å². The van der Waals surface area contributed by atoms with Crippen LogP contribution in [0, 0.1) is 5.92 Å². The molecule has 0 unspecified atom stereocenters. The first-order valence-electron chi connectivity index (χ1n) is 5.73. The van der Waals surface area contributed by atoms with Crippen LogP contribution in [-0.4, -0.2) is 33.7 Å². The van der Waals surface area contributed by atoms with Crippen molar-refractivity contribution in [2.24, 2.45) is 5.92 Å². The van der Waals surface area contributed by atoms with E-state index in [1.165, 1.54) is 26.4 Å². The molecule has 0 saturated carbocycles. The Labute approximate surface area is 122 Å². The number of sulfonamides is 1. The summed E-state index contributed by atoms with van der Waals surface area (Å²) in [6.07, 6.45) is 0. The summed E-state index contributed by atoms with van der Waals surface area (Å²) in [5, 5.41) is 0. The van der Waals surface area contributed by atoms with Crippen LogP contribution in [0.4, 0.5) is 0 Å². The molecule has 0 aliphatic rings. The SMILES string of the molecule is COc1ccc(S(=O)(=O)N(CC(C)C)OC)cc1Br. The normalized spacial score (nSPS) is 12.2. The van der Waals surface area contributed by atoms with Crippen molar-refractivity contribution >= 4 is 26.0 Å². The van der Waals surface area contributed by atoms with E-state index in [4.69, 9.17) is 9.57 Å². The highest BCUT2D eigenvalue weighted by Gasteiger charge is 2.26. The maximum Gasteiger partial charge on any atom is 0.265 e. The van der Waals surface area contributed by atoms with Crippen LogP contribution in [0.5, 0.6) is 5.75 Å². The molecule has 7 heteroatoms. The largest absolute Gasteiger partial charge is 0.496 e. The summed E-state index contributed by atoms with van der Waals surface area (Å²) in [7, 11) is -0.800. The number of nitrogens with zero attached hydrogens (tertiary/aromatic N) is 1. The minimum absolute atomic E-state index is 0.155. The van der Waals surface area contributed by atoms with Gasteiger partial charge in [-0.2, -0.15) is 0 Å². The molecule has 0 amide bonds. The minimum Gasteiger partial charge on any atom is -0.496 e. The van der Waals surface area contributed by atoms with Gasteiger partial charge < -0.3 is 4.74 Å². The van der Waals surface area contributed by atoms with Crippen molar-refractivity contribution in [3.05, 3.63) is 22.7 Å². The lowest BCUT2D eigenvalue weighted by molar-refractivity contribution is -0.0558. The molecule has 0 aliphatic heterocycles. The minimum atomic E-state index is -3.67. The van der Waals surface area contributed by atoms with Crippen LogP contribution in [0.15, 0.2) is 27.6 Å². The van der Waals surface area contributed by atoms with Gasteiger partial charge in [-0.05, 0) is 40.0 Å². The second-order valence-corrected chi connectivity index (χ2v) is 7.05. The first-order valence-corrected chi connectivity index (χ1v) is 7.96. The van der Waals surface area contributed by atoms with E-state index in [1.54, 1.807) is 6.07 Å². The van der Waals surface area contributed by atoms with E-state index >= 15 is 0 Å². The fraction of sp³-hybridized carbons (Fsp3) is 0.500. The lowest BCUT2D eigenvalue weighted by atomic mass is 10.2. The molecule has 0 atom stereocenters. The van der Waals surface area contributed by atoms with Gasteiger partial charge in [0.2, 0.25) is 0 Å². The van der Waals surface area contributed by atoms with Crippen LogP contribution in [0.2, 0.25) is 0 Å². The van der Waals surface area contributed by atoms with Crippen LogP contribution in [0.3, 0.4) is 0 Å². The Hall–Kier alpha value is -0.630. The molecule has 1 aromatic carbocycles. The van der Waals surface area contributed by atoms with E-state index < -0.39 is 10.0 Å². The van der Waals surface area contributed by atoms with E-state index in [9.17, 15) is 8.42 Å². The summed E-state index contributed by atoms with van der Waals surface area (Å²) < 4.78 is 31.4. The van der Waals surface area contributed by atoms with Gasteiger partial charge in [-0.1, -0.05) is 18.3 Å². The zero-order chi connectivity index (χ0) is 14.6. The molecule has 108 valence electrons. The van der Waals surface area contributed by atoms with Gasteiger partial charge in [0.15, 0.2) is 0 Å². The molecule has 0 aliphatic carbocycles. The molecule has 0 spiro atoms. The number of methoxy groups -OCH3 is 1. The van der Waals surface area contributed by atoms with E-state index in [1.807, 2.05) is 13.8 Å². The smallest absolute Gasteiger partial charge is 0.265 e. The van der Waals surface area contributed by atoms with Crippen molar-refractivity contribution in [2.45, 2.75) is 18.7 Å². The number of benzene rings is 1. The van der Waals surface area contributed by atoms with Gasteiger partial charge in [0, 0.05) is 6.54 Å². The van der Waals surface area contributed by atoms with Crippen molar-refractivity contribution in [2.75, 3.05) is 20.8 Å². The quantitative estimate of drug-likeness (QED) is 0.739. The summed E-state index contributed by atoms with van der Waals surface area (Å²) in [6.45, 7) is 4.14. The van der Waals surface area contributed by atoms with Crippen LogP contribution >= 0.6 is 15.9 Å². The van der Waals surface area contributed by atoms with Crippen molar-refractivity contribution in [1.29, 1.82) is 0 Å². The van der Waals surface area contributed by atoms with Crippen LogP contribution in [0.25, 0.3) is 0 Å². The maximum absolute atomic E-state index is 12.4. The molecular formula is C12H18BrNO4S. The Bertz CT molecular complexity index is 531. The summed E-state index contributed by atoms with van der Waals surface area (Å²) >= 11 is 3.27. The molecule has 5 nitrogen and oxygen atoms in total. The van der Waals surface area contributed by atoms with Crippen molar-refractivity contribution < 1.29 is 18.0 Å². The molecule has 19 heavy (non-hydrogen) atoms. The van der Waals surface area contributed by atoms with E-state index in [0.29, 0.717) is 16.8 Å². The summed E-state index contributed by atoms with van der Waals surface area (Å²) in [5.41, 5.74) is 0. The number of rotatable bonds is 6. The Morgan fingerprint density at radius 3 is 2.37 bits per heavy atom. The molecule has 0 N–H and O–H groups in total. The Balaban J connectivity index is 3.15. The lowest BCUT2D eigenvalue weighted by Gasteiger charge is -2.21. The first-order chi connectivity index (χ1) is 8.82. The third-order valence-electron chi connectivity index (χ3n) is 2.41. The fourth-order valence-corrected chi connectivity index (χ4v) is 3.62. The fourth-order valence-electron chi connectivity index (χ4n) is 1.49. The average molecular weight is 352 g/mol. The van der Waals surface area contributed by atoms with E-state index in [-0.39, 0.29) is 10.8 Å². The second-order valence-electron chi connectivity index (χ2n) is 4.36. The van der Waals surface area contributed by atoms with Gasteiger partial charge in [0.05, 0.1) is 23.6 Å². The molecule has 1 aromatic rings. The molecule has 0 radical (unpaired) electrons. The van der Waals surface area contributed by atoms with Crippen LogP contribution in [-0.2, 0) is 14.9 Å². The van der Waals surface area contributed by atoms with Crippen molar-refractivity contribution in [1.82, 2.24) is 4.47 Å². The van der Waals surface area contributed by atoms with Crippen molar-refractivity contribution in [3.8, 4) is 5.75 Å². The van der Waals surface area contributed by atoms with E-state index in [2.05, 4.69) is 15.9 Å². The highest BCUT2D eigenvalue weighted by atomic mass is 79.9. The van der Waals surface area contributed by atoms with Gasteiger partial charge >= 0.3 is 0 Å². The molecule has 0 bridgehead atoms. The maximum atomic E-state index is 12.4. The summed E-state index contributed by atoms with van der Waals surface area (Å²) in [6, 6.07) is 4.59. The van der Waals surface area contributed by atoms with Gasteiger partial charge in [-0.25, -0.2) is 8.42 Å². The third-order valence-corrected chi connectivity index (χ3v) is 4.71. The number of hydrogen-bond acceptors (Lipinski definition) is 4. The predicted molar refractivity (Wildman–Crippen MR) is 76.4 cm³/mol. The Morgan fingerprint density at radius 2 is 1.95 bits per heavy atom. The van der Waals surface area contributed by atoms with Gasteiger partial charge in [0.25, 0.3) is 10.0 Å². The van der Waals surface area contributed by atoms with E-state index in [0.717, 1.165) is 4.47 Å². The lowest BCUT2D eigenvalue weighted by Crippen LogP contribution is -2.33. The van der Waals surface area contributed by atoms with Crippen molar-refractivity contribution in [3.63, 3.8) is 0 Å². The molecule has 1 rings (SSSR count). The van der Waals surface area contributed by atoms with Crippen LogP contribution in [0.1, 0.15) is 13.8 Å². The Morgan fingerprint density at radius 1 is 1.32 bits per heavy atom. The number of hydroxylamine groups is 1. The average Bonchev–Trinajstić information content (AvgIpc) is 2.35. The number of ether oxygens (including phenoxy) is 1. The van der Waals surface area contributed by atoms with Gasteiger partial charge in [-0.3, -0.25) is 4.84 Å². The zero-order valence-corrected chi connectivity index (χ0v) is 13.8. The predicted octanol–water partition coefficient (Wildman–Crippen LogP) is 2.67. The molecule has 0 heterocycles. The van der Waals surface area contributed by atoms with Gasteiger partial charge in [0.1, 0.15) is 5.75 Å².